The van der Waals surface area contributed by atoms with Gasteiger partial charge in [-0.3, -0.25) is 4.40 Å². The number of hydrogen-bond acceptors (Lipinski definition) is 4. The molecular formula is C9H13N3OS. The molecule has 76 valence electrons. The zero-order valence-corrected chi connectivity index (χ0v) is 8.63. The maximum Gasteiger partial charge on any atom is 0.193 e. The van der Waals surface area contributed by atoms with Crippen molar-refractivity contribution in [1.82, 2.24) is 14.7 Å². The highest BCUT2D eigenvalue weighted by molar-refractivity contribution is 7.15. The SMILES string of the molecule is OCCNCCc1csc2nccn12. The summed E-state index contributed by atoms with van der Waals surface area (Å²) in [7, 11) is 0. The third kappa shape index (κ3) is 1.95. The summed E-state index contributed by atoms with van der Waals surface area (Å²) in [4.78, 5) is 5.25. The molecule has 0 radical (unpaired) electrons. The number of imidazole rings is 1. The Balaban J connectivity index is 1.94. The molecule has 2 rings (SSSR count). The lowest BCUT2D eigenvalue weighted by Gasteiger charge is -2.01. The second-order valence-corrected chi connectivity index (χ2v) is 3.87. The Kier molecular flexibility index (Phi) is 3.13. The Morgan fingerprint density at radius 1 is 1.50 bits per heavy atom. The molecule has 4 nitrogen and oxygen atoms in total. The molecule has 0 saturated carbocycles. The van der Waals surface area contributed by atoms with Crippen LogP contribution in [0.5, 0.6) is 0 Å². The molecule has 14 heavy (non-hydrogen) atoms. The molecule has 2 aromatic rings. The molecule has 0 aliphatic heterocycles. The molecule has 5 heteroatoms. The van der Waals surface area contributed by atoms with Crippen molar-refractivity contribution in [2.24, 2.45) is 0 Å². The molecule has 2 heterocycles. The van der Waals surface area contributed by atoms with Crippen LogP contribution in [0.1, 0.15) is 5.69 Å². The number of nitrogens with one attached hydrogen (secondary N) is 1. The van der Waals surface area contributed by atoms with Gasteiger partial charge in [0.25, 0.3) is 0 Å². The number of aliphatic hydroxyl groups excluding tert-OH is 1. The fraction of sp³-hybridized carbons (Fsp3) is 0.444. The van der Waals surface area contributed by atoms with E-state index in [9.17, 15) is 0 Å². The average Bonchev–Trinajstić information content (AvgIpc) is 2.75. The number of nitrogens with zero attached hydrogens (tertiary/aromatic N) is 2. The van der Waals surface area contributed by atoms with Gasteiger partial charge in [0.2, 0.25) is 0 Å². The van der Waals surface area contributed by atoms with E-state index in [0.717, 1.165) is 17.9 Å². The maximum absolute atomic E-state index is 8.59. The van der Waals surface area contributed by atoms with Gasteiger partial charge in [0, 0.05) is 43.0 Å². The maximum atomic E-state index is 8.59. The van der Waals surface area contributed by atoms with Crippen LogP contribution in [0, 0.1) is 0 Å². The summed E-state index contributed by atoms with van der Waals surface area (Å²) in [5.74, 6) is 0. The van der Waals surface area contributed by atoms with Gasteiger partial charge in [-0.1, -0.05) is 0 Å². The van der Waals surface area contributed by atoms with Crippen LogP contribution in [0.15, 0.2) is 17.8 Å². The lowest BCUT2D eigenvalue weighted by atomic mass is 10.3. The van der Waals surface area contributed by atoms with Crippen molar-refractivity contribution in [3.05, 3.63) is 23.5 Å². The standard InChI is InChI=1S/C9H13N3OS/c13-6-4-10-2-1-8-7-14-9-11-3-5-12(8)9/h3,5,7,10,13H,1-2,4,6H2. The lowest BCUT2D eigenvalue weighted by Crippen LogP contribution is -2.21. The second kappa shape index (κ2) is 4.54. The van der Waals surface area contributed by atoms with Gasteiger partial charge >= 0.3 is 0 Å². The van der Waals surface area contributed by atoms with Crippen molar-refractivity contribution in [1.29, 1.82) is 0 Å². The van der Waals surface area contributed by atoms with Crippen LogP contribution in [0.2, 0.25) is 0 Å². The number of thiazole rings is 1. The zero-order chi connectivity index (χ0) is 9.80. The molecule has 0 aliphatic rings. The Morgan fingerprint density at radius 3 is 3.29 bits per heavy atom. The molecule has 0 fully saturated rings. The summed E-state index contributed by atoms with van der Waals surface area (Å²) in [6.07, 6.45) is 4.76. The van der Waals surface area contributed by atoms with Crippen molar-refractivity contribution in [2.45, 2.75) is 6.42 Å². The molecule has 0 aliphatic carbocycles. The fourth-order valence-corrected chi connectivity index (χ4v) is 2.26. The highest BCUT2D eigenvalue weighted by Crippen LogP contribution is 2.14. The van der Waals surface area contributed by atoms with Crippen molar-refractivity contribution >= 4 is 16.3 Å². The summed E-state index contributed by atoms with van der Waals surface area (Å²) >= 11 is 1.66. The van der Waals surface area contributed by atoms with Gasteiger partial charge in [-0.15, -0.1) is 11.3 Å². The monoisotopic (exact) mass is 211 g/mol. The summed E-state index contributed by atoms with van der Waals surface area (Å²) in [5.41, 5.74) is 1.27. The van der Waals surface area contributed by atoms with E-state index < -0.39 is 0 Å². The first-order valence-corrected chi connectivity index (χ1v) is 5.51. The largest absolute Gasteiger partial charge is 0.395 e. The van der Waals surface area contributed by atoms with Crippen molar-refractivity contribution in [3.63, 3.8) is 0 Å². The molecule has 0 saturated heterocycles. The van der Waals surface area contributed by atoms with Gasteiger partial charge in [-0.2, -0.15) is 0 Å². The molecule has 0 unspecified atom stereocenters. The smallest absolute Gasteiger partial charge is 0.193 e. The first-order chi connectivity index (χ1) is 6.92. The Hall–Kier alpha value is -0.910. The van der Waals surface area contributed by atoms with Crippen molar-refractivity contribution in [2.75, 3.05) is 19.7 Å². The summed E-state index contributed by atoms with van der Waals surface area (Å²) in [6.45, 7) is 1.76. The number of rotatable bonds is 5. The minimum Gasteiger partial charge on any atom is -0.395 e. The number of hydrogen-bond donors (Lipinski definition) is 2. The van der Waals surface area contributed by atoms with Crippen LogP contribution in [0.3, 0.4) is 0 Å². The molecular weight excluding hydrogens is 198 g/mol. The predicted molar refractivity (Wildman–Crippen MR) is 56.7 cm³/mol. The quantitative estimate of drug-likeness (QED) is 0.709. The summed E-state index contributed by atoms with van der Waals surface area (Å²) in [5, 5.41) is 13.9. The fourth-order valence-electron chi connectivity index (χ4n) is 1.37. The minimum absolute atomic E-state index is 0.199. The highest BCUT2D eigenvalue weighted by Gasteiger charge is 2.02. The second-order valence-electron chi connectivity index (χ2n) is 3.03. The molecule has 0 amide bonds. The first kappa shape index (κ1) is 9.64. The summed E-state index contributed by atoms with van der Waals surface area (Å²) in [6, 6.07) is 0. The normalized spacial score (nSPS) is 11.2. The van der Waals surface area contributed by atoms with E-state index in [1.54, 1.807) is 11.3 Å². The number of fused-ring (bicyclic) bond motifs is 1. The summed E-state index contributed by atoms with van der Waals surface area (Å²) < 4.78 is 2.10. The van der Waals surface area contributed by atoms with E-state index >= 15 is 0 Å². The molecule has 0 spiro atoms. The van der Waals surface area contributed by atoms with Gasteiger partial charge in [0.15, 0.2) is 4.96 Å². The zero-order valence-electron chi connectivity index (χ0n) is 7.81. The van der Waals surface area contributed by atoms with Gasteiger partial charge in [-0.25, -0.2) is 4.98 Å². The van der Waals surface area contributed by atoms with Gasteiger partial charge in [0.1, 0.15) is 0 Å². The molecule has 0 atom stereocenters. The number of aliphatic hydroxyl groups is 1. The molecule has 2 N–H and O–H groups in total. The van der Waals surface area contributed by atoms with E-state index in [1.807, 2.05) is 12.4 Å². The molecule has 0 bridgehead atoms. The van der Waals surface area contributed by atoms with Gasteiger partial charge in [0.05, 0.1) is 6.61 Å². The third-order valence-corrected chi connectivity index (χ3v) is 2.97. The molecule has 2 aromatic heterocycles. The third-order valence-electron chi connectivity index (χ3n) is 2.06. The van der Waals surface area contributed by atoms with Crippen LogP contribution in [-0.4, -0.2) is 34.2 Å². The lowest BCUT2D eigenvalue weighted by molar-refractivity contribution is 0.292. The Labute approximate surface area is 86.2 Å². The van der Waals surface area contributed by atoms with E-state index in [4.69, 9.17) is 5.11 Å². The minimum atomic E-state index is 0.199. The Morgan fingerprint density at radius 2 is 2.43 bits per heavy atom. The predicted octanol–water partition coefficient (Wildman–Crippen LogP) is 0.520. The highest BCUT2D eigenvalue weighted by atomic mass is 32.1. The molecule has 0 aromatic carbocycles. The van der Waals surface area contributed by atoms with Crippen LogP contribution in [-0.2, 0) is 6.42 Å². The van der Waals surface area contributed by atoms with E-state index in [1.165, 1.54) is 5.69 Å². The van der Waals surface area contributed by atoms with Crippen LogP contribution in [0.25, 0.3) is 4.96 Å². The first-order valence-electron chi connectivity index (χ1n) is 4.63. The van der Waals surface area contributed by atoms with E-state index in [2.05, 4.69) is 20.1 Å². The number of aromatic nitrogens is 2. The topological polar surface area (TPSA) is 49.6 Å². The van der Waals surface area contributed by atoms with Crippen LogP contribution in [0.4, 0.5) is 0 Å². The average molecular weight is 211 g/mol. The van der Waals surface area contributed by atoms with Crippen molar-refractivity contribution < 1.29 is 5.11 Å². The van der Waals surface area contributed by atoms with Crippen LogP contribution < -0.4 is 5.32 Å². The van der Waals surface area contributed by atoms with Gasteiger partial charge < -0.3 is 10.4 Å². The Bertz CT molecular complexity index is 395. The van der Waals surface area contributed by atoms with E-state index in [0.29, 0.717) is 6.54 Å². The van der Waals surface area contributed by atoms with Crippen molar-refractivity contribution in [3.8, 4) is 0 Å². The van der Waals surface area contributed by atoms with Crippen LogP contribution >= 0.6 is 11.3 Å². The van der Waals surface area contributed by atoms with Gasteiger partial charge in [-0.05, 0) is 0 Å². The van der Waals surface area contributed by atoms with E-state index in [-0.39, 0.29) is 6.61 Å².